The van der Waals surface area contributed by atoms with E-state index < -0.39 is 0 Å². The Morgan fingerprint density at radius 3 is 2.84 bits per heavy atom. The van der Waals surface area contributed by atoms with Crippen LogP contribution in [0.15, 0.2) is 18.2 Å². The Balaban J connectivity index is 1.67. The van der Waals surface area contributed by atoms with E-state index >= 15 is 0 Å². The molecule has 3 aliphatic rings. The van der Waals surface area contributed by atoms with Crippen molar-refractivity contribution in [3.05, 3.63) is 18.2 Å². The summed E-state index contributed by atoms with van der Waals surface area (Å²) in [4.78, 5) is 2.62. The molecule has 1 aliphatic carbocycles. The molecule has 1 saturated heterocycles. The fourth-order valence-electron chi connectivity index (χ4n) is 3.18. The molecule has 4 rings (SSSR count). The van der Waals surface area contributed by atoms with Crippen molar-refractivity contribution in [1.29, 1.82) is 0 Å². The molecule has 0 aromatic heterocycles. The van der Waals surface area contributed by atoms with E-state index in [1.807, 2.05) is 0 Å². The zero-order valence-electron chi connectivity index (χ0n) is 11.2. The van der Waals surface area contributed by atoms with E-state index in [1.165, 1.54) is 30.0 Å². The molecule has 2 unspecified atom stereocenters. The van der Waals surface area contributed by atoms with Crippen molar-refractivity contribution in [2.24, 2.45) is 5.92 Å². The summed E-state index contributed by atoms with van der Waals surface area (Å²) in [6.07, 6.45) is 2.80. The Kier molecular flexibility index (Phi) is 2.79. The van der Waals surface area contributed by atoms with Crippen LogP contribution in [0.4, 0.5) is 5.69 Å². The van der Waals surface area contributed by atoms with Crippen LogP contribution in [0.3, 0.4) is 0 Å². The van der Waals surface area contributed by atoms with Crippen molar-refractivity contribution in [3.63, 3.8) is 0 Å². The zero-order valence-corrected chi connectivity index (χ0v) is 12.0. The molecular formula is C15H19NO2S. The minimum atomic E-state index is 0.357. The molecule has 0 N–H and O–H groups in total. The topological polar surface area (TPSA) is 21.7 Å². The summed E-state index contributed by atoms with van der Waals surface area (Å²) < 4.78 is 10.9. The van der Waals surface area contributed by atoms with Gasteiger partial charge in [0.05, 0.1) is 0 Å². The van der Waals surface area contributed by atoms with Crippen LogP contribution in [-0.4, -0.2) is 30.4 Å². The van der Waals surface area contributed by atoms with E-state index in [4.69, 9.17) is 9.47 Å². The summed E-state index contributed by atoms with van der Waals surface area (Å²) in [5.41, 5.74) is 1.30. The molecule has 4 heteroatoms. The van der Waals surface area contributed by atoms with Crippen LogP contribution in [0.5, 0.6) is 11.5 Å². The van der Waals surface area contributed by atoms with Gasteiger partial charge in [-0.3, -0.25) is 0 Å². The lowest BCUT2D eigenvalue weighted by Crippen LogP contribution is -2.49. The maximum Gasteiger partial charge on any atom is 0.231 e. The van der Waals surface area contributed by atoms with Crippen LogP contribution in [-0.2, 0) is 0 Å². The molecular weight excluding hydrogens is 258 g/mol. The Hall–Kier alpha value is -1.03. The van der Waals surface area contributed by atoms with Gasteiger partial charge in [0.25, 0.3) is 0 Å². The number of ether oxygens (including phenoxy) is 2. The van der Waals surface area contributed by atoms with Gasteiger partial charge in [-0.05, 0) is 37.8 Å². The second-order valence-corrected chi connectivity index (χ2v) is 6.81. The average molecular weight is 277 g/mol. The zero-order chi connectivity index (χ0) is 12.8. The van der Waals surface area contributed by atoms with Gasteiger partial charge < -0.3 is 14.4 Å². The molecule has 2 fully saturated rings. The number of anilines is 1. The largest absolute Gasteiger partial charge is 0.454 e. The monoisotopic (exact) mass is 277 g/mol. The van der Waals surface area contributed by atoms with Gasteiger partial charge in [0.15, 0.2) is 11.5 Å². The predicted octanol–water partition coefficient (Wildman–Crippen LogP) is 3.14. The lowest BCUT2D eigenvalue weighted by atomic mass is 10.1. The third-order valence-corrected chi connectivity index (χ3v) is 5.60. The number of rotatable bonds is 2. The Morgan fingerprint density at radius 1 is 1.16 bits per heavy atom. The van der Waals surface area contributed by atoms with Crippen molar-refractivity contribution in [1.82, 2.24) is 0 Å². The van der Waals surface area contributed by atoms with E-state index in [2.05, 4.69) is 41.8 Å². The molecule has 0 spiro atoms. The SMILES string of the molecule is CC1CSCC(C2CC2)N1c1ccc2c(c1)OCO2. The minimum Gasteiger partial charge on any atom is -0.454 e. The highest BCUT2D eigenvalue weighted by molar-refractivity contribution is 7.99. The normalized spacial score (nSPS) is 29.6. The highest BCUT2D eigenvalue weighted by Crippen LogP contribution is 2.44. The highest BCUT2D eigenvalue weighted by Gasteiger charge is 2.39. The van der Waals surface area contributed by atoms with E-state index in [0.717, 1.165) is 17.4 Å². The summed E-state index contributed by atoms with van der Waals surface area (Å²) >= 11 is 2.11. The molecule has 2 heterocycles. The summed E-state index contributed by atoms with van der Waals surface area (Å²) in [7, 11) is 0. The Morgan fingerprint density at radius 2 is 2.00 bits per heavy atom. The predicted molar refractivity (Wildman–Crippen MR) is 78.3 cm³/mol. The maximum atomic E-state index is 5.52. The van der Waals surface area contributed by atoms with Crippen molar-refractivity contribution >= 4 is 17.4 Å². The van der Waals surface area contributed by atoms with E-state index in [0.29, 0.717) is 18.9 Å². The quantitative estimate of drug-likeness (QED) is 0.828. The fourth-order valence-corrected chi connectivity index (χ4v) is 4.49. The first-order valence-corrected chi connectivity index (χ1v) is 8.24. The Bertz CT molecular complexity index is 489. The summed E-state index contributed by atoms with van der Waals surface area (Å²) in [6.45, 7) is 2.70. The van der Waals surface area contributed by atoms with Gasteiger partial charge in [0.1, 0.15) is 0 Å². The molecule has 2 atom stereocenters. The molecule has 3 nitrogen and oxygen atoms in total. The summed E-state index contributed by atoms with van der Waals surface area (Å²) in [5, 5.41) is 0. The molecule has 0 amide bonds. The molecule has 1 aromatic rings. The lowest BCUT2D eigenvalue weighted by Gasteiger charge is -2.42. The van der Waals surface area contributed by atoms with Gasteiger partial charge >= 0.3 is 0 Å². The van der Waals surface area contributed by atoms with Gasteiger partial charge in [-0.25, -0.2) is 0 Å². The first kappa shape index (κ1) is 11.8. The third-order valence-electron chi connectivity index (χ3n) is 4.30. The first-order chi connectivity index (χ1) is 9.33. The van der Waals surface area contributed by atoms with Gasteiger partial charge in [0.2, 0.25) is 6.79 Å². The molecule has 0 bridgehead atoms. The van der Waals surface area contributed by atoms with Crippen LogP contribution in [0.25, 0.3) is 0 Å². The van der Waals surface area contributed by atoms with Gasteiger partial charge in [-0.1, -0.05) is 0 Å². The Labute approximate surface area is 118 Å². The van der Waals surface area contributed by atoms with Crippen molar-refractivity contribution < 1.29 is 9.47 Å². The molecule has 0 radical (unpaired) electrons. The van der Waals surface area contributed by atoms with Gasteiger partial charge in [0, 0.05) is 35.3 Å². The molecule has 1 saturated carbocycles. The molecule has 1 aromatic carbocycles. The number of thioether (sulfide) groups is 1. The van der Waals surface area contributed by atoms with Crippen LogP contribution in [0.2, 0.25) is 0 Å². The second-order valence-electron chi connectivity index (χ2n) is 5.74. The fraction of sp³-hybridized carbons (Fsp3) is 0.600. The number of fused-ring (bicyclic) bond motifs is 1. The number of nitrogens with zero attached hydrogens (tertiary/aromatic N) is 1. The molecule has 102 valence electrons. The molecule has 2 aliphatic heterocycles. The third kappa shape index (κ3) is 2.06. The van der Waals surface area contributed by atoms with Gasteiger partial charge in [-0.2, -0.15) is 11.8 Å². The van der Waals surface area contributed by atoms with Crippen LogP contribution < -0.4 is 14.4 Å². The average Bonchev–Trinajstić information content (AvgIpc) is 3.16. The van der Waals surface area contributed by atoms with Crippen LogP contribution in [0, 0.1) is 5.92 Å². The lowest BCUT2D eigenvalue weighted by molar-refractivity contribution is 0.174. The van der Waals surface area contributed by atoms with E-state index in [-0.39, 0.29) is 0 Å². The summed E-state index contributed by atoms with van der Waals surface area (Å²) in [5.74, 6) is 5.17. The smallest absolute Gasteiger partial charge is 0.231 e. The van der Waals surface area contributed by atoms with Crippen molar-refractivity contribution in [2.45, 2.75) is 31.8 Å². The number of hydrogen-bond acceptors (Lipinski definition) is 4. The first-order valence-electron chi connectivity index (χ1n) is 7.08. The van der Waals surface area contributed by atoms with Crippen LogP contribution >= 0.6 is 11.8 Å². The van der Waals surface area contributed by atoms with Crippen molar-refractivity contribution in [3.8, 4) is 11.5 Å². The number of hydrogen-bond donors (Lipinski definition) is 0. The summed E-state index contributed by atoms with van der Waals surface area (Å²) in [6, 6.07) is 7.70. The molecule has 19 heavy (non-hydrogen) atoms. The van der Waals surface area contributed by atoms with Gasteiger partial charge in [-0.15, -0.1) is 0 Å². The van der Waals surface area contributed by atoms with E-state index in [9.17, 15) is 0 Å². The van der Waals surface area contributed by atoms with Crippen molar-refractivity contribution in [2.75, 3.05) is 23.2 Å². The van der Waals surface area contributed by atoms with Crippen LogP contribution in [0.1, 0.15) is 19.8 Å². The minimum absolute atomic E-state index is 0.357. The standard InChI is InChI=1S/C15H19NO2S/c1-10-7-19-8-13(11-2-3-11)16(10)12-4-5-14-15(6-12)18-9-17-14/h4-6,10-11,13H,2-3,7-9H2,1H3. The maximum absolute atomic E-state index is 5.52. The number of benzene rings is 1. The highest BCUT2D eigenvalue weighted by atomic mass is 32.2. The van der Waals surface area contributed by atoms with E-state index in [1.54, 1.807) is 0 Å². The second kappa shape index (κ2) is 4.51.